The summed E-state index contributed by atoms with van der Waals surface area (Å²) in [6.07, 6.45) is 2.90. The molecule has 1 aliphatic rings. The van der Waals surface area contributed by atoms with Crippen molar-refractivity contribution in [2.24, 2.45) is 11.3 Å². The highest BCUT2D eigenvalue weighted by Crippen LogP contribution is 2.44. The van der Waals surface area contributed by atoms with E-state index in [-0.39, 0.29) is 22.5 Å². The lowest BCUT2D eigenvalue weighted by atomic mass is 9.72. The number of rotatable bonds is 6. The molecular formula is C33H33N3O2S2. The summed E-state index contributed by atoms with van der Waals surface area (Å²) < 4.78 is 0. The molecule has 7 heteroatoms. The molecule has 0 bridgehead atoms. The maximum absolute atomic E-state index is 13.2. The van der Waals surface area contributed by atoms with Crippen molar-refractivity contribution in [1.29, 1.82) is 5.26 Å². The van der Waals surface area contributed by atoms with Crippen LogP contribution in [0.15, 0.2) is 71.6 Å². The van der Waals surface area contributed by atoms with Crippen LogP contribution in [-0.2, 0) is 17.6 Å². The minimum atomic E-state index is -0.389. The van der Waals surface area contributed by atoms with Crippen molar-refractivity contribution in [3.05, 3.63) is 88.3 Å². The Morgan fingerprint density at radius 1 is 1.02 bits per heavy atom. The maximum Gasteiger partial charge on any atom is 0.255 e. The van der Waals surface area contributed by atoms with Crippen LogP contribution < -0.4 is 10.6 Å². The van der Waals surface area contributed by atoms with E-state index in [2.05, 4.69) is 37.5 Å². The van der Waals surface area contributed by atoms with Gasteiger partial charge >= 0.3 is 0 Å². The minimum Gasteiger partial charge on any atom is -0.322 e. The average molecular weight is 568 g/mol. The monoisotopic (exact) mass is 567 g/mol. The van der Waals surface area contributed by atoms with Gasteiger partial charge in [-0.25, -0.2) is 0 Å². The average Bonchev–Trinajstić information content (AvgIpc) is 3.28. The van der Waals surface area contributed by atoms with Crippen molar-refractivity contribution >= 4 is 56.4 Å². The first-order valence-electron chi connectivity index (χ1n) is 13.5. The number of benzene rings is 3. The Balaban J connectivity index is 1.24. The Kier molecular flexibility index (Phi) is 8.02. The van der Waals surface area contributed by atoms with Gasteiger partial charge in [0.2, 0.25) is 5.91 Å². The molecule has 2 amide bonds. The van der Waals surface area contributed by atoms with Gasteiger partial charge in [-0.05, 0) is 84.2 Å². The molecule has 0 saturated carbocycles. The number of thioether (sulfide) groups is 1. The first-order valence-corrected chi connectivity index (χ1v) is 15.2. The zero-order valence-corrected chi connectivity index (χ0v) is 24.8. The second-order valence-corrected chi connectivity index (χ2v) is 13.9. The fourth-order valence-corrected chi connectivity index (χ4v) is 7.39. The predicted molar refractivity (Wildman–Crippen MR) is 166 cm³/mol. The number of nitrogens with zero attached hydrogens (tertiary/aromatic N) is 1. The summed E-state index contributed by atoms with van der Waals surface area (Å²) in [5.41, 5.74) is 3.20. The minimum absolute atomic E-state index is 0.141. The van der Waals surface area contributed by atoms with Crippen molar-refractivity contribution in [1.82, 2.24) is 0 Å². The van der Waals surface area contributed by atoms with Gasteiger partial charge in [0.15, 0.2) is 0 Å². The van der Waals surface area contributed by atoms with E-state index in [0.717, 1.165) is 40.5 Å². The van der Waals surface area contributed by atoms with Crippen molar-refractivity contribution in [3.63, 3.8) is 0 Å². The number of amides is 2. The molecule has 3 aromatic carbocycles. The summed E-state index contributed by atoms with van der Waals surface area (Å²) in [5.74, 6) is 0.244. The molecule has 1 aliphatic carbocycles. The first kappa shape index (κ1) is 27.9. The van der Waals surface area contributed by atoms with Crippen LogP contribution in [0, 0.1) is 22.7 Å². The van der Waals surface area contributed by atoms with Crippen molar-refractivity contribution in [3.8, 4) is 6.07 Å². The van der Waals surface area contributed by atoms with Crippen LogP contribution in [0.25, 0.3) is 10.8 Å². The molecule has 5 nitrogen and oxygen atoms in total. The third-order valence-corrected chi connectivity index (χ3v) is 9.89. The number of nitrogens with one attached hydrogen (secondary N) is 2. The molecule has 1 heterocycles. The molecule has 204 valence electrons. The van der Waals surface area contributed by atoms with Gasteiger partial charge in [-0.15, -0.1) is 23.1 Å². The van der Waals surface area contributed by atoms with E-state index in [1.807, 2.05) is 73.7 Å². The molecule has 2 N–H and O–H groups in total. The fourth-order valence-electron chi connectivity index (χ4n) is 5.18. The van der Waals surface area contributed by atoms with Crippen LogP contribution in [-0.4, -0.2) is 17.1 Å². The summed E-state index contributed by atoms with van der Waals surface area (Å²) in [4.78, 5) is 28.2. The van der Waals surface area contributed by atoms with Crippen LogP contribution in [0.1, 0.15) is 60.5 Å². The number of hydrogen-bond donors (Lipinski definition) is 2. The summed E-state index contributed by atoms with van der Waals surface area (Å²) in [6.45, 7) is 8.67. The predicted octanol–water partition coefficient (Wildman–Crippen LogP) is 8.30. The molecule has 1 aromatic heterocycles. The van der Waals surface area contributed by atoms with E-state index in [9.17, 15) is 14.9 Å². The highest BCUT2D eigenvalue weighted by molar-refractivity contribution is 8.00. The zero-order valence-electron chi connectivity index (χ0n) is 23.2. The zero-order chi connectivity index (χ0) is 28.4. The molecule has 2 atom stereocenters. The number of nitriles is 1. The lowest BCUT2D eigenvalue weighted by Gasteiger charge is -2.33. The second kappa shape index (κ2) is 11.5. The molecule has 0 aliphatic heterocycles. The lowest BCUT2D eigenvalue weighted by molar-refractivity contribution is -0.115. The largest absolute Gasteiger partial charge is 0.322 e. The normalized spacial score (nSPS) is 15.6. The number of fused-ring (bicyclic) bond motifs is 2. The summed E-state index contributed by atoms with van der Waals surface area (Å²) in [5, 5.41) is 18.3. The molecule has 0 radical (unpaired) electrons. The molecular weight excluding hydrogens is 535 g/mol. The van der Waals surface area contributed by atoms with E-state index in [1.54, 1.807) is 11.3 Å². The quantitative estimate of drug-likeness (QED) is 0.230. The Morgan fingerprint density at radius 3 is 2.55 bits per heavy atom. The van der Waals surface area contributed by atoms with Gasteiger partial charge in [0, 0.05) is 21.0 Å². The fraction of sp³-hybridized carbons (Fsp3) is 0.303. The van der Waals surface area contributed by atoms with Crippen molar-refractivity contribution in [2.45, 2.75) is 57.1 Å². The molecule has 4 aromatic rings. The third kappa shape index (κ3) is 6.09. The van der Waals surface area contributed by atoms with Crippen LogP contribution in [0.5, 0.6) is 0 Å². The van der Waals surface area contributed by atoms with Gasteiger partial charge in [-0.1, -0.05) is 57.2 Å². The molecule has 0 spiro atoms. The van der Waals surface area contributed by atoms with Gasteiger partial charge in [0.1, 0.15) is 11.1 Å². The smallest absolute Gasteiger partial charge is 0.255 e. The van der Waals surface area contributed by atoms with Crippen molar-refractivity contribution < 1.29 is 9.59 Å². The maximum atomic E-state index is 13.2. The molecule has 40 heavy (non-hydrogen) atoms. The first-order chi connectivity index (χ1) is 19.1. The number of thiophene rings is 1. The van der Waals surface area contributed by atoms with E-state index >= 15 is 0 Å². The molecule has 2 unspecified atom stereocenters. The molecule has 0 fully saturated rings. The van der Waals surface area contributed by atoms with E-state index < -0.39 is 0 Å². The van der Waals surface area contributed by atoms with Crippen LogP contribution >= 0.6 is 23.1 Å². The van der Waals surface area contributed by atoms with E-state index in [1.165, 1.54) is 16.6 Å². The molecule has 0 saturated heterocycles. The summed E-state index contributed by atoms with van der Waals surface area (Å²) in [6, 6.07) is 23.5. The Morgan fingerprint density at radius 2 is 1.80 bits per heavy atom. The Hall–Kier alpha value is -3.60. The second-order valence-electron chi connectivity index (χ2n) is 11.4. The van der Waals surface area contributed by atoms with Gasteiger partial charge in [-0.3, -0.25) is 9.59 Å². The summed E-state index contributed by atoms with van der Waals surface area (Å²) >= 11 is 2.98. The van der Waals surface area contributed by atoms with Gasteiger partial charge < -0.3 is 10.6 Å². The highest BCUT2D eigenvalue weighted by Gasteiger charge is 2.32. The van der Waals surface area contributed by atoms with Gasteiger partial charge in [0.05, 0.1) is 10.8 Å². The highest BCUT2D eigenvalue weighted by atomic mass is 32.2. The number of anilines is 2. The SMILES string of the molecule is CC(Sc1cccc(NC(=O)c2ccc3ccccc3c2)c1)C(=O)Nc1sc2c(c1C#N)CCC(C(C)(C)C)C2. The molecule has 5 rings (SSSR count). The van der Waals surface area contributed by atoms with Gasteiger partial charge in [0.25, 0.3) is 5.91 Å². The number of carbonyl (C=O) groups excluding carboxylic acids is 2. The van der Waals surface area contributed by atoms with E-state index in [0.29, 0.717) is 27.7 Å². The topological polar surface area (TPSA) is 82.0 Å². The van der Waals surface area contributed by atoms with Crippen LogP contribution in [0.3, 0.4) is 0 Å². The Labute approximate surface area is 244 Å². The number of hydrogen-bond acceptors (Lipinski definition) is 5. The number of carbonyl (C=O) groups is 2. The van der Waals surface area contributed by atoms with Crippen molar-refractivity contribution in [2.75, 3.05) is 10.6 Å². The van der Waals surface area contributed by atoms with Gasteiger partial charge in [-0.2, -0.15) is 5.26 Å². The standard InChI is InChI=1S/C33H33N3O2S2/c1-20(30(37)36-32-28(19-34)27-15-14-24(33(2,3)4)17-29(27)40-32)39-26-11-7-10-25(18-26)35-31(38)23-13-12-21-8-5-6-9-22(21)16-23/h5-13,16,18,20,24H,14-15,17H2,1-4H3,(H,35,38)(H,36,37). The van der Waals surface area contributed by atoms with Crippen LogP contribution in [0.2, 0.25) is 0 Å². The Bertz CT molecular complexity index is 1630. The van der Waals surface area contributed by atoms with Crippen LogP contribution in [0.4, 0.5) is 10.7 Å². The summed E-state index contributed by atoms with van der Waals surface area (Å²) in [7, 11) is 0. The van der Waals surface area contributed by atoms with E-state index in [4.69, 9.17) is 0 Å². The third-order valence-electron chi connectivity index (χ3n) is 7.62. The lowest BCUT2D eigenvalue weighted by Crippen LogP contribution is -2.26.